The highest BCUT2D eigenvalue weighted by Gasteiger charge is 2.27. The van der Waals surface area contributed by atoms with Crippen molar-refractivity contribution in [2.75, 3.05) is 6.54 Å². The summed E-state index contributed by atoms with van der Waals surface area (Å²) in [6.45, 7) is 2.86. The minimum atomic E-state index is 0.0957. The van der Waals surface area contributed by atoms with E-state index in [-0.39, 0.29) is 6.10 Å². The van der Waals surface area contributed by atoms with Crippen LogP contribution in [-0.4, -0.2) is 12.6 Å². The van der Waals surface area contributed by atoms with Crippen LogP contribution in [0.5, 0.6) is 0 Å². The van der Waals surface area contributed by atoms with Crippen LogP contribution < -0.4 is 5.73 Å². The van der Waals surface area contributed by atoms with Gasteiger partial charge in [-0.05, 0) is 41.1 Å². The van der Waals surface area contributed by atoms with Crippen LogP contribution in [0.2, 0.25) is 0 Å². The predicted molar refractivity (Wildman–Crippen MR) is 73.2 cm³/mol. The van der Waals surface area contributed by atoms with Gasteiger partial charge in [0.25, 0.3) is 0 Å². The quantitative estimate of drug-likeness (QED) is 0.867. The molecule has 3 heteroatoms. The molecule has 2 nitrogen and oxygen atoms in total. The first kappa shape index (κ1) is 13.1. The molecular formula is C14H23NOS. The molecule has 1 aromatic heterocycles. The Balaban J connectivity index is 1.97. The smallest absolute Gasteiger partial charge is 0.0958 e. The van der Waals surface area contributed by atoms with Gasteiger partial charge in [-0.2, -0.15) is 11.3 Å². The summed E-state index contributed by atoms with van der Waals surface area (Å²) in [5.74, 6) is 0.733. The Kier molecular flexibility index (Phi) is 5.01. The first-order valence-electron chi connectivity index (χ1n) is 6.72. The molecule has 0 amide bonds. The minimum absolute atomic E-state index is 0.0957. The summed E-state index contributed by atoms with van der Waals surface area (Å²) in [6, 6.07) is 2.13. The summed E-state index contributed by atoms with van der Waals surface area (Å²) in [7, 11) is 0. The van der Waals surface area contributed by atoms with Crippen molar-refractivity contribution in [3.63, 3.8) is 0 Å². The SMILES string of the molecule is CCC1CCCCC1OC(CN)c1ccsc1. The second kappa shape index (κ2) is 6.53. The fraction of sp³-hybridized carbons (Fsp3) is 0.714. The van der Waals surface area contributed by atoms with Crippen LogP contribution in [0.3, 0.4) is 0 Å². The van der Waals surface area contributed by atoms with Crippen molar-refractivity contribution in [2.45, 2.75) is 51.2 Å². The molecule has 1 aliphatic rings. The molecule has 3 atom stereocenters. The highest BCUT2D eigenvalue weighted by molar-refractivity contribution is 7.07. The molecule has 1 aromatic rings. The second-order valence-corrected chi connectivity index (χ2v) is 5.69. The Hall–Kier alpha value is -0.380. The monoisotopic (exact) mass is 253 g/mol. The van der Waals surface area contributed by atoms with E-state index in [0.29, 0.717) is 12.6 Å². The van der Waals surface area contributed by atoms with E-state index < -0.39 is 0 Å². The molecule has 0 radical (unpaired) electrons. The lowest BCUT2D eigenvalue weighted by molar-refractivity contribution is -0.0585. The molecule has 2 rings (SSSR count). The third kappa shape index (κ3) is 3.30. The lowest BCUT2D eigenvalue weighted by atomic mass is 9.84. The minimum Gasteiger partial charge on any atom is -0.369 e. The normalized spacial score (nSPS) is 26.9. The van der Waals surface area contributed by atoms with Crippen LogP contribution in [0.15, 0.2) is 16.8 Å². The number of hydrogen-bond donors (Lipinski definition) is 1. The summed E-state index contributed by atoms with van der Waals surface area (Å²) in [5, 5.41) is 4.25. The van der Waals surface area contributed by atoms with Crippen LogP contribution in [0.1, 0.15) is 50.7 Å². The summed E-state index contributed by atoms with van der Waals surface area (Å²) in [5.41, 5.74) is 7.10. The van der Waals surface area contributed by atoms with E-state index in [1.54, 1.807) is 11.3 Å². The highest BCUT2D eigenvalue weighted by atomic mass is 32.1. The van der Waals surface area contributed by atoms with Crippen LogP contribution >= 0.6 is 11.3 Å². The van der Waals surface area contributed by atoms with E-state index >= 15 is 0 Å². The van der Waals surface area contributed by atoms with Crippen LogP contribution in [-0.2, 0) is 4.74 Å². The van der Waals surface area contributed by atoms with Crippen molar-refractivity contribution >= 4 is 11.3 Å². The molecule has 2 N–H and O–H groups in total. The maximum Gasteiger partial charge on any atom is 0.0958 e. The summed E-state index contributed by atoms with van der Waals surface area (Å²) >= 11 is 1.72. The van der Waals surface area contributed by atoms with Crippen molar-refractivity contribution in [3.05, 3.63) is 22.4 Å². The standard InChI is InChI=1S/C14H23NOS/c1-2-11-5-3-4-6-13(11)16-14(9-15)12-7-8-17-10-12/h7-8,10-11,13-14H,2-6,9,15H2,1H3. The summed E-state index contributed by atoms with van der Waals surface area (Å²) in [6.07, 6.45) is 6.94. The molecule has 0 spiro atoms. The second-order valence-electron chi connectivity index (χ2n) is 4.91. The zero-order chi connectivity index (χ0) is 12.1. The predicted octanol–water partition coefficient (Wildman–Crippen LogP) is 3.73. The zero-order valence-electron chi connectivity index (χ0n) is 10.6. The molecule has 1 heterocycles. The first-order chi connectivity index (χ1) is 8.35. The lowest BCUT2D eigenvalue weighted by Gasteiger charge is -2.33. The molecule has 1 fully saturated rings. The fourth-order valence-electron chi connectivity index (χ4n) is 2.76. The summed E-state index contributed by atoms with van der Waals surface area (Å²) < 4.78 is 6.27. The van der Waals surface area contributed by atoms with Gasteiger partial charge in [-0.15, -0.1) is 0 Å². The largest absolute Gasteiger partial charge is 0.369 e. The zero-order valence-corrected chi connectivity index (χ0v) is 11.4. The first-order valence-corrected chi connectivity index (χ1v) is 7.67. The molecule has 3 unspecified atom stereocenters. The highest BCUT2D eigenvalue weighted by Crippen LogP contribution is 2.33. The molecule has 1 saturated carbocycles. The number of ether oxygens (including phenoxy) is 1. The maximum absolute atomic E-state index is 6.27. The van der Waals surface area contributed by atoms with Crippen molar-refractivity contribution in [3.8, 4) is 0 Å². The maximum atomic E-state index is 6.27. The van der Waals surface area contributed by atoms with Gasteiger partial charge in [0.05, 0.1) is 12.2 Å². The van der Waals surface area contributed by atoms with Gasteiger partial charge >= 0.3 is 0 Å². The van der Waals surface area contributed by atoms with Crippen molar-refractivity contribution < 1.29 is 4.74 Å². The average Bonchev–Trinajstić information content (AvgIpc) is 2.90. The van der Waals surface area contributed by atoms with E-state index in [9.17, 15) is 0 Å². The van der Waals surface area contributed by atoms with Crippen molar-refractivity contribution in [1.82, 2.24) is 0 Å². The van der Waals surface area contributed by atoms with Gasteiger partial charge in [0, 0.05) is 6.54 Å². The van der Waals surface area contributed by atoms with E-state index in [1.165, 1.54) is 37.7 Å². The lowest BCUT2D eigenvalue weighted by Crippen LogP contribution is -2.31. The fourth-order valence-corrected chi connectivity index (χ4v) is 3.46. The van der Waals surface area contributed by atoms with E-state index in [1.807, 2.05) is 0 Å². The van der Waals surface area contributed by atoms with Crippen LogP contribution in [0.4, 0.5) is 0 Å². The van der Waals surface area contributed by atoms with Crippen molar-refractivity contribution in [1.29, 1.82) is 0 Å². The molecular weight excluding hydrogens is 230 g/mol. The van der Waals surface area contributed by atoms with E-state index in [4.69, 9.17) is 10.5 Å². The molecule has 17 heavy (non-hydrogen) atoms. The number of nitrogens with two attached hydrogens (primary N) is 1. The van der Waals surface area contributed by atoms with E-state index in [0.717, 1.165) is 5.92 Å². The Morgan fingerprint density at radius 2 is 2.29 bits per heavy atom. The van der Waals surface area contributed by atoms with Crippen LogP contribution in [0, 0.1) is 5.92 Å². The Labute approximate surface area is 108 Å². The molecule has 0 aliphatic heterocycles. The number of rotatable bonds is 5. The van der Waals surface area contributed by atoms with Gasteiger partial charge < -0.3 is 10.5 Å². The van der Waals surface area contributed by atoms with Gasteiger partial charge in [0.15, 0.2) is 0 Å². The number of thiophene rings is 1. The van der Waals surface area contributed by atoms with Gasteiger partial charge in [0.2, 0.25) is 0 Å². The van der Waals surface area contributed by atoms with Gasteiger partial charge in [-0.25, -0.2) is 0 Å². The van der Waals surface area contributed by atoms with Crippen LogP contribution in [0.25, 0.3) is 0 Å². The number of hydrogen-bond acceptors (Lipinski definition) is 3. The Morgan fingerprint density at radius 1 is 1.47 bits per heavy atom. The molecule has 96 valence electrons. The Bertz CT molecular complexity index is 312. The van der Waals surface area contributed by atoms with Gasteiger partial charge in [-0.3, -0.25) is 0 Å². The molecule has 1 aliphatic carbocycles. The molecule has 0 aromatic carbocycles. The van der Waals surface area contributed by atoms with E-state index in [2.05, 4.69) is 23.8 Å². The molecule has 0 saturated heterocycles. The summed E-state index contributed by atoms with van der Waals surface area (Å²) in [4.78, 5) is 0. The third-order valence-corrected chi connectivity index (χ3v) is 4.53. The van der Waals surface area contributed by atoms with Gasteiger partial charge in [-0.1, -0.05) is 26.2 Å². The topological polar surface area (TPSA) is 35.2 Å². The Morgan fingerprint density at radius 3 is 2.94 bits per heavy atom. The van der Waals surface area contributed by atoms with Gasteiger partial charge in [0.1, 0.15) is 0 Å². The van der Waals surface area contributed by atoms with Crippen molar-refractivity contribution in [2.24, 2.45) is 11.7 Å². The third-order valence-electron chi connectivity index (χ3n) is 3.83. The molecule has 0 bridgehead atoms. The average molecular weight is 253 g/mol.